The summed E-state index contributed by atoms with van der Waals surface area (Å²) in [6, 6.07) is 6.07. The summed E-state index contributed by atoms with van der Waals surface area (Å²) in [5.74, 6) is 4.35. The molecule has 1 aromatic carbocycles. The summed E-state index contributed by atoms with van der Waals surface area (Å²) in [7, 11) is 0. The van der Waals surface area contributed by atoms with E-state index in [1.807, 2.05) is 5.43 Å². The van der Waals surface area contributed by atoms with Crippen LogP contribution in [0.15, 0.2) is 24.3 Å². The molecule has 3 N–H and O–H groups in total. The van der Waals surface area contributed by atoms with Gasteiger partial charge in [-0.25, -0.2) is 5.84 Å². The number of nitrogens with one attached hydrogen (secondary N) is 1. The second-order valence-corrected chi connectivity index (χ2v) is 3.25. The van der Waals surface area contributed by atoms with E-state index in [1.54, 1.807) is 12.1 Å². The summed E-state index contributed by atoms with van der Waals surface area (Å²) in [5.41, 5.74) is 2.41. The number of nitrogens with two attached hydrogens (primary N) is 1. The van der Waals surface area contributed by atoms with Crippen LogP contribution >= 0.6 is 0 Å². The van der Waals surface area contributed by atoms with Crippen LogP contribution in [0.1, 0.15) is 22.3 Å². The number of rotatable bonds is 3. The Morgan fingerprint density at radius 1 is 1.31 bits per heavy atom. The smallest absolute Gasteiger partial charge is 0.290 e. The molecule has 16 heavy (non-hydrogen) atoms. The number of benzene rings is 1. The van der Waals surface area contributed by atoms with Crippen molar-refractivity contribution < 1.29 is 18.0 Å². The highest BCUT2D eigenvalue weighted by Gasteiger charge is 2.27. The minimum Gasteiger partial charge on any atom is -0.290 e. The molecule has 0 saturated carbocycles. The van der Waals surface area contributed by atoms with Crippen LogP contribution in [0.25, 0.3) is 0 Å². The van der Waals surface area contributed by atoms with Crippen molar-refractivity contribution >= 4 is 5.91 Å². The first-order valence-electron chi connectivity index (χ1n) is 4.59. The Morgan fingerprint density at radius 3 is 2.50 bits per heavy atom. The van der Waals surface area contributed by atoms with Crippen molar-refractivity contribution in [2.24, 2.45) is 5.84 Å². The lowest BCUT2D eigenvalue weighted by molar-refractivity contribution is -0.134. The van der Waals surface area contributed by atoms with Crippen molar-refractivity contribution in [1.29, 1.82) is 0 Å². The average molecular weight is 232 g/mol. The third kappa shape index (κ3) is 3.54. The molecule has 0 atom stereocenters. The minimum absolute atomic E-state index is 0.175. The maximum Gasteiger partial charge on any atom is 0.389 e. The highest BCUT2D eigenvalue weighted by atomic mass is 19.4. The van der Waals surface area contributed by atoms with Crippen molar-refractivity contribution in [3.05, 3.63) is 35.4 Å². The van der Waals surface area contributed by atoms with Crippen LogP contribution in [0.4, 0.5) is 13.2 Å². The van der Waals surface area contributed by atoms with Crippen molar-refractivity contribution in [3.8, 4) is 0 Å². The molecule has 0 unspecified atom stereocenters. The summed E-state index contributed by atoms with van der Waals surface area (Å²) in [4.78, 5) is 11.2. The molecule has 0 spiro atoms. The highest BCUT2D eigenvalue weighted by molar-refractivity contribution is 5.95. The Hall–Kier alpha value is -1.56. The molecule has 1 amide bonds. The van der Waals surface area contributed by atoms with E-state index in [1.165, 1.54) is 12.1 Å². The van der Waals surface area contributed by atoms with Crippen LogP contribution in [-0.2, 0) is 6.42 Å². The first-order chi connectivity index (χ1) is 7.44. The van der Waals surface area contributed by atoms with Gasteiger partial charge in [-0.15, -0.1) is 0 Å². The molecular weight excluding hydrogens is 221 g/mol. The SMILES string of the molecule is NNC(=O)c1ccccc1CCC(F)(F)F. The lowest BCUT2D eigenvalue weighted by Gasteiger charge is -2.09. The summed E-state index contributed by atoms with van der Waals surface area (Å²) in [6.07, 6.45) is -5.42. The van der Waals surface area contributed by atoms with Gasteiger partial charge in [0, 0.05) is 12.0 Å². The normalized spacial score (nSPS) is 11.2. The number of alkyl halides is 3. The predicted molar refractivity (Wildman–Crippen MR) is 52.5 cm³/mol. The number of amides is 1. The molecule has 6 heteroatoms. The number of nitrogen functional groups attached to an aromatic ring is 1. The Kier molecular flexibility index (Phi) is 3.89. The number of hydrazine groups is 1. The number of aryl methyl sites for hydroxylation is 1. The topological polar surface area (TPSA) is 55.1 Å². The molecule has 0 saturated heterocycles. The Morgan fingerprint density at radius 2 is 1.94 bits per heavy atom. The summed E-state index contributed by atoms with van der Waals surface area (Å²) < 4.78 is 36.1. The molecule has 0 aliphatic rings. The predicted octanol–water partition coefficient (Wildman–Crippen LogP) is 1.78. The first-order valence-corrected chi connectivity index (χ1v) is 4.59. The van der Waals surface area contributed by atoms with Crippen LogP contribution in [0.5, 0.6) is 0 Å². The summed E-state index contributed by atoms with van der Waals surface area (Å²) in [6.45, 7) is 0. The zero-order valence-electron chi connectivity index (χ0n) is 8.34. The van der Waals surface area contributed by atoms with E-state index in [0.717, 1.165) is 0 Å². The number of carbonyl (C=O) groups excluding carboxylic acids is 1. The quantitative estimate of drug-likeness (QED) is 0.474. The van der Waals surface area contributed by atoms with E-state index in [9.17, 15) is 18.0 Å². The van der Waals surface area contributed by atoms with Crippen LogP contribution in [0.2, 0.25) is 0 Å². The van der Waals surface area contributed by atoms with Gasteiger partial charge >= 0.3 is 6.18 Å². The average Bonchev–Trinajstić information content (AvgIpc) is 2.25. The van der Waals surface area contributed by atoms with E-state index in [4.69, 9.17) is 5.84 Å². The summed E-state index contributed by atoms with van der Waals surface area (Å²) >= 11 is 0. The van der Waals surface area contributed by atoms with Gasteiger partial charge in [-0.3, -0.25) is 10.2 Å². The molecule has 0 aromatic heterocycles. The van der Waals surface area contributed by atoms with E-state index in [2.05, 4.69) is 0 Å². The van der Waals surface area contributed by atoms with Crippen LogP contribution in [-0.4, -0.2) is 12.1 Å². The molecule has 0 radical (unpaired) electrons. The minimum atomic E-state index is -4.23. The van der Waals surface area contributed by atoms with Crippen LogP contribution in [0, 0.1) is 0 Å². The van der Waals surface area contributed by atoms with Gasteiger partial charge < -0.3 is 0 Å². The fraction of sp³-hybridized carbons (Fsp3) is 0.300. The van der Waals surface area contributed by atoms with E-state index in [-0.39, 0.29) is 12.0 Å². The van der Waals surface area contributed by atoms with Gasteiger partial charge in [0.2, 0.25) is 0 Å². The lowest BCUT2D eigenvalue weighted by atomic mass is 10.0. The lowest BCUT2D eigenvalue weighted by Crippen LogP contribution is -2.30. The third-order valence-corrected chi connectivity index (χ3v) is 2.07. The van der Waals surface area contributed by atoms with Gasteiger partial charge in [-0.1, -0.05) is 18.2 Å². The molecular formula is C10H11F3N2O. The van der Waals surface area contributed by atoms with Gasteiger partial charge in [0.15, 0.2) is 0 Å². The fourth-order valence-corrected chi connectivity index (χ4v) is 1.31. The Labute approximate surface area is 90.4 Å². The van der Waals surface area contributed by atoms with Gasteiger partial charge in [0.1, 0.15) is 0 Å². The van der Waals surface area contributed by atoms with Crippen molar-refractivity contribution in [2.45, 2.75) is 19.0 Å². The van der Waals surface area contributed by atoms with E-state index >= 15 is 0 Å². The number of hydrogen-bond donors (Lipinski definition) is 2. The van der Waals surface area contributed by atoms with E-state index < -0.39 is 18.5 Å². The highest BCUT2D eigenvalue weighted by Crippen LogP contribution is 2.23. The fourth-order valence-electron chi connectivity index (χ4n) is 1.31. The molecule has 0 bridgehead atoms. The maximum absolute atomic E-state index is 12.0. The Balaban J connectivity index is 2.83. The zero-order valence-corrected chi connectivity index (χ0v) is 8.34. The third-order valence-electron chi connectivity index (χ3n) is 2.07. The number of hydrogen-bond acceptors (Lipinski definition) is 2. The zero-order chi connectivity index (χ0) is 12.2. The first kappa shape index (κ1) is 12.5. The molecule has 88 valence electrons. The standard InChI is InChI=1S/C10H11F3N2O/c11-10(12,13)6-5-7-3-1-2-4-8(7)9(16)15-14/h1-4H,5-6,14H2,(H,15,16). The molecule has 1 aromatic rings. The molecule has 0 heterocycles. The van der Waals surface area contributed by atoms with Gasteiger partial charge in [0.25, 0.3) is 5.91 Å². The van der Waals surface area contributed by atoms with Gasteiger partial charge in [-0.2, -0.15) is 13.2 Å². The second-order valence-electron chi connectivity index (χ2n) is 3.25. The number of halogens is 3. The van der Waals surface area contributed by atoms with Crippen molar-refractivity contribution in [3.63, 3.8) is 0 Å². The van der Waals surface area contributed by atoms with Crippen molar-refractivity contribution in [2.75, 3.05) is 0 Å². The molecule has 3 nitrogen and oxygen atoms in total. The van der Waals surface area contributed by atoms with Crippen LogP contribution in [0.3, 0.4) is 0 Å². The van der Waals surface area contributed by atoms with E-state index in [0.29, 0.717) is 5.56 Å². The number of carbonyl (C=O) groups is 1. The maximum atomic E-state index is 12.0. The molecule has 0 aliphatic carbocycles. The Bertz CT molecular complexity index is 377. The molecule has 1 rings (SSSR count). The summed E-state index contributed by atoms with van der Waals surface area (Å²) in [5, 5.41) is 0. The second kappa shape index (κ2) is 4.98. The monoisotopic (exact) mass is 232 g/mol. The largest absolute Gasteiger partial charge is 0.389 e. The van der Waals surface area contributed by atoms with Gasteiger partial charge in [-0.05, 0) is 18.1 Å². The van der Waals surface area contributed by atoms with Crippen LogP contribution < -0.4 is 11.3 Å². The molecule has 0 fully saturated rings. The van der Waals surface area contributed by atoms with Gasteiger partial charge in [0.05, 0.1) is 0 Å². The molecule has 0 aliphatic heterocycles. The van der Waals surface area contributed by atoms with Crippen molar-refractivity contribution in [1.82, 2.24) is 5.43 Å².